The van der Waals surface area contributed by atoms with Gasteiger partial charge in [-0.05, 0) is 99.4 Å². The average molecular weight is 555 g/mol. The van der Waals surface area contributed by atoms with Crippen molar-refractivity contribution in [2.24, 2.45) is 17.3 Å². The maximum atomic E-state index is 7.30. The molecule has 6 fully saturated rings. The first-order chi connectivity index (χ1) is 20.1. The van der Waals surface area contributed by atoms with Crippen LogP contribution in [0.15, 0.2) is 36.4 Å². The highest BCUT2D eigenvalue weighted by molar-refractivity contribution is 5.65. The van der Waals surface area contributed by atoms with Gasteiger partial charge in [0.05, 0.1) is 7.11 Å². The normalized spacial score (nSPS) is 38.5. The van der Waals surface area contributed by atoms with Crippen LogP contribution >= 0.6 is 0 Å². The fourth-order valence-corrected chi connectivity index (χ4v) is 11.3. The third-order valence-corrected chi connectivity index (χ3v) is 13.3. The number of likely N-dealkylation sites (tertiary alicyclic amines) is 1. The van der Waals surface area contributed by atoms with E-state index >= 15 is 0 Å². The molecule has 218 valence electrons. The Morgan fingerprint density at radius 2 is 1.83 bits per heavy atom. The monoisotopic (exact) mass is 554 g/mol. The molecule has 1 N–H and O–H groups in total. The summed E-state index contributed by atoms with van der Waals surface area (Å²) in [6, 6.07) is 14.3. The molecule has 0 amide bonds. The zero-order valence-electron chi connectivity index (χ0n) is 24.9. The van der Waals surface area contributed by atoms with Crippen LogP contribution in [0.2, 0.25) is 0 Å². The topological polar surface area (TPSA) is 43.0 Å². The van der Waals surface area contributed by atoms with Crippen LogP contribution in [0.4, 0.5) is 5.69 Å². The molecule has 1 saturated heterocycles. The molecule has 2 spiro atoms. The van der Waals surface area contributed by atoms with Gasteiger partial charge in [0.1, 0.15) is 11.7 Å². The lowest BCUT2D eigenvalue weighted by molar-refractivity contribution is -0.261. The van der Waals surface area contributed by atoms with Crippen LogP contribution in [-0.2, 0) is 16.6 Å². The number of methoxy groups -OCH3 is 2. The van der Waals surface area contributed by atoms with Gasteiger partial charge in [-0.2, -0.15) is 0 Å². The molecular formula is C36H46N2O3. The lowest BCUT2D eigenvalue weighted by atomic mass is 9.34. The number of para-hydroxylation sites is 1. The number of hydrogen-bond donors (Lipinski definition) is 1. The van der Waals surface area contributed by atoms with E-state index in [0.717, 1.165) is 42.7 Å². The number of hydrogen-bond acceptors (Lipinski definition) is 5. The summed E-state index contributed by atoms with van der Waals surface area (Å²) in [7, 11) is 3.78. The van der Waals surface area contributed by atoms with Gasteiger partial charge in [-0.3, -0.25) is 4.90 Å². The van der Waals surface area contributed by atoms with Gasteiger partial charge < -0.3 is 19.5 Å². The smallest absolute Gasteiger partial charge is 0.165 e. The second-order valence-electron chi connectivity index (χ2n) is 14.7. The zero-order chi connectivity index (χ0) is 27.4. The molecule has 5 saturated carbocycles. The van der Waals surface area contributed by atoms with Gasteiger partial charge >= 0.3 is 0 Å². The molecule has 41 heavy (non-hydrogen) atoms. The van der Waals surface area contributed by atoms with Crippen molar-refractivity contribution in [2.75, 3.05) is 39.2 Å². The van der Waals surface area contributed by atoms with E-state index in [1.807, 2.05) is 7.11 Å². The summed E-state index contributed by atoms with van der Waals surface area (Å²) in [5.74, 6) is 3.95. The van der Waals surface area contributed by atoms with Crippen LogP contribution in [-0.4, -0.2) is 56.5 Å². The van der Waals surface area contributed by atoms with Crippen molar-refractivity contribution >= 4 is 5.69 Å². The van der Waals surface area contributed by atoms with E-state index in [0.29, 0.717) is 12.0 Å². The summed E-state index contributed by atoms with van der Waals surface area (Å²) in [6.07, 6.45) is 14.2. The fraction of sp³-hybridized carbons (Fsp3) is 0.667. The molecule has 0 aromatic heterocycles. The first-order valence-corrected chi connectivity index (χ1v) is 16.6. The minimum atomic E-state index is -0.352. The highest BCUT2D eigenvalue weighted by Crippen LogP contribution is 2.78. The zero-order valence-corrected chi connectivity index (χ0v) is 24.9. The SMILES string of the molecule is COc1ccc2c3c1O[C@H]1[C@@]4(OC)CC[C@@]5(C[C@@H]4c4ccccc4NCC4CCCC4)[C@@H](C2)N(CC2CC2)CC[C@]315. The Kier molecular flexibility index (Phi) is 5.48. The van der Waals surface area contributed by atoms with Gasteiger partial charge in [-0.1, -0.05) is 37.1 Å². The van der Waals surface area contributed by atoms with E-state index in [2.05, 4.69) is 46.6 Å². The Labute approximate surface area is 245 Å². The molecule has 2 aromatic carbocycles. The van der Waals surface area contributed by atoms with Crippen molar-refractivity contribution in [3.05, 3.63) is 53.1 Å². The molecule has 2 aliphatic heterocycles. The summed E-state index contributed by atoms with van der Waals surface area (Å²) in [5.41, 5.74) is 5.62. The van der Waals surface area contributed by atoms with E-state index in [1.165, 1.54) is 93.3 Å². The lowest BCUT2D eigenvalue weighted by Gasteiger charge is -2.74. The molecule has 6 aliphatic carbocycles. The predicted octanol–water partition coefficient (Wildman–Crippen LogP) is 6.69. The number of nitrogens with one attached hydrogen (secondary N) is 1. The third-order valence-electron chi connectivity index (χ3n) is 13.3. The summed E-state index contributed by atoms with van der Waals surface area (Å²) in [6.45, 7) is 3.55. The highest BCUT2D eigenvalue weighted by atomic mass is 16.6. The molecule has 5 nitrogen and oxygen atoms in total. The maximum absolute atomic E-state index is 7.30. The van der Waals surface area contributed by atoms with E-state index in [4.69, 9.17) is 14.2 Å². The van der Waals surface area contributed by atoms with Crippen molar-refractivity contribution in [1.82, 2.24) is 4.90 Å². The maximum Gasteiger partial charge on any atom is 0.165 e. The Balaban J connectivity index is 1.20. The molecular weight excluding hydrogens is 508 g/mol. The van der Waals surface area contributed by atoms with Crippen LogP contribution in [0.5, 0.6) is 11.5 Å². The molecule has 0 radical (unpaired) electrons. The fourth-order valence-electron chi connectivity index (χ4n) is 11.3. The summed E-state index contributed by atoms with van der Waals surface area (Å²) in [5, 5.41) is 3.96. The second-order valence-corrected chi connectivity index (χ2v) is 14.7. The average Bonchev–Trinajstić information content (AvgIpc) is 3.52. The number of piperidine rings is 1. The first-order valence-electron chi connectivity index (χ1n) is 16.6. The number of nitrogens with zero attached hydrogens (tertiary/aromatic N) is 1. The van der Waals surface area contributed by atoms with E-state index in [-0.39, 0.29) is 22.5 Å². The largest absolute Gasteiger partial charge is 0.493 e. The molecule has 4 bridgehead atoms. The van der Waals surface area contributed by atoms with E-state index in [1.54, 1.807) is 7.11 Å². The number of ether oxygens (including phenoxy) is 3. The predicted molar refractivity (Wildman–Crippen MR) is 161 cm³/mol. The molecule has 6 atom stereocenters. The summed E-state index contributed by atoms with van der Waals surface area (Å²) < 4.78 is 20.1. The van der Waals surface area contributed by atoms with Crippen molar-refractivity contribution in [1.29, 1.82) is 0 Å². The van der Waals surface area contributed by atoms with Gasteiger partial charge in [0.15, 0.2) is 11.5 Å². The first kappa shape index (κ1) is 25.3. The number of benzene rings is 2. The molecule has 8 aliphatic rings. The van der Waals surface area contributed by atoms with Gasteiger partial charge in [-0.25, -0.2) is 0 Å². The molecule has 2 heterocycles. The standard InChI is InChI=1S/C36H46N2O3/c1-39-29-14-13-25-19-30-34-15-16-36(40-2,27(20-34)26-9-5-6-10-28(26)37-21-23-7-3-4-8-23)33-35(34,31(25)32(29)41-33)17-18-38(30)22-24-11-12-24/h5-6,9-10,13-14,23-24,27,30,33,37H,3-4,7-8,11-12,15-22H2,1-2H3/t27-,30-,33-,34-,35+,36-/m1/s1. The number of anilines is 1. The quantitative estimate of drug-likeness (QED) is 0.394. The Bertz CT molecular complexity index is 1370. The minimum Gasteiger partial charge on any atom is -0.493 e. The van der Waals surface area contributed by atoms with E-state index in [9.17, 15) is 0 Å². The Morgan fingerprint density at radius 3 is 2.63 bits per heavy atom. The van der Waals surface area contributed by atoms with Crippen LogP contribution in [0.3, 0.4) is 0 Å². The number of fused-ring (bicyclic) bond motifs is 2. The van der Waals surface area contributed by atoms with Gasteiger partial charge in [0.2, 0.25) is 0 Å². The Hall–Kier alpha value is -2.24. The molecule has 2 aromatic rings. The van der Waals surface area contributed by atoms with Crippen molar-refractivity contribution < 1.29 is 14.2 Å². The third kappa shape index (κ3) is 3.20. The van der Waals surface area contributed by atoms with Gasteiger partial charge in [-0.15, -0.1) is 0 Å². The van der Waals surface area contributed by atoms with E-state index < -0.39 is 0 Å². The van der Waals surface area contributed by atoms with Gasteiger partial charge in [0, 0.05) is 54.2 Å². The van der Waals surface area contributed by atoms with Crippen molar-refractivity contribution in [2.45, 2.75) is 99.7 Å². The van der Waals surface area contributed by atoms with Crippen molar-refractivity contribution in [3.8, 4) is 11.5 Å². The van der Waals surface area contributed by atoms with Crippen LogP contribution < -0.4 is 14.8 Å². The highest BCUT2D eigenvalue weighted by Gasteiger charge is 2.80. The van der Waals surface area contributed by atoms with Crippen LogP contribution in [0, 0.1) is 17.3 Å². The van der Waals surface area contributed by atoms with Crippen LogP contribution in [0.1, 0.15) is 86.8 Å². The summed E-state index contributed by atoms with van der Waals surface area (Å²) in [4.78, 5) is 2.94. The Morgan fingerprint density at radius 1 is 0.976 bits per heavy atom. The minimum absolute atomic E-state index is 0.00611. The summed E-state index contributed by atoms with van der Waals surface area (Å²) >= 11 is 0. The number of rotatable bonds is 8. The van der Waals surface area contributed by atoms with Gasteiger partial charge in [0.25, 0.3) is 0 Å². The molecule has 10 rings (SSSR count). The molecule has 5 heteroatoms. The van der Waals surface area contributed by atoms with Crippen LogP contribution in [0.25, 0.3) is 0 Å². The lowest BCUT2D eigenvalue weighted by Crippen LogP contribution is -2.80. The second kappa shape index (κ2) is 8.89. The molecule has 0 unspecified atom stereocenters. The van der Waals surface area contributed by atoms with Crippen molar-refractivity contribution in [3.63, 3.8) is 0 Å².